The Labute approximate surface area is 178 Å². The van der Waals surface area contributed by atoms with Crippen LogP contribution in [-0.4, -0.2) is 18.9 Å². The summed E-state index contributed by atoms with van der Waals surface area (Å²) in [7, 11) is 1.61. The zero-order chi connectivity index (χ0) is 21.1. The Hall–Kier alpha value is -3.51. The van der Waals surface area contributed by atoms with Crippen LogP contribution in [0.4, 0.5) is 11.4 Å². The summed E-state index contributed by atoms with van der Waals surface area (Å²) in [5.74, 6) is 1.21. The number of hydrogen-bond donors (Lipinski definition) is 2. The minimum atomic E-state index is -0.333. The van der Waals surface area contributed by atoms with Crippen molar-refractivity contribution in [3.63, 3.8) is 0 Å². The Morgan fingerprint density at radius 3 is 2.60 bits per heavy atom. The quantitative estimate of drug-likeness (QED) is 0.586. The van der Waals surface area contributed by atoms with E-state index in [0.717, 1.165) is 11.3 Å². The van der Waals surface area contributed by atoms with Crippen molar-refractivity contribution in [3.8, 4) is 17.2 Å². The highest BCUT2D eigenvalue weighted by Gasteiger charge is 2.21. The highest BCUT2D eigenvalue weighted by Crippen LogP contribution is 2.37. The Kier molecular flexibility index (Phi) is 5.59. The number of hydrogen-bond acceptors (Lipinski definition) is 4. The van der Waals surface area contributed by atoms with E-state index in [1.165, 1.54) is 0 Å². The van der Waals surface area contributed by atoms with Gasteiger partial charge in [-0.05, 0) is 60.5 Å². The van der Waals surface area contributed by atoms with Crippen LogP contribution in [0.15, 0.2) is 60.7 Å². The van der Waals surface area contributed by atoms with E-state index >= 15 is 0 Å². The second-order valence-electron chi connectivity index (χ2n) is 6.80. The van der Waals surface area contributed by atoms with Crippen molar-refractivity contribution in [2.75, 3.05) is 17.7 Å². The number of ether oxygens (including phenoxy) is 2. The van der Waals surface area contributed by atoms with Crippen molar-refractivity contribution < 1.29 is 19.1 Å². The molecule has 2 N–H and O–H groups in total. The van der Waals surface area contributed by atoms with Gasteiger partial charge in [-0.15, -0.1) is 0 Å². The molecular formula is C23H19ClN2O4. The molecule has 4 rings (SSSR count). The Bertz CT molecular complexity index is 1110. The number of carbonyl (C=O) groups is 2. The molecule has 2 amide bonds. The standard InChI is InChI=1S/C23H19ClN2O4/c1-29-17-7-2-14(3-8-17)4-11-22(27)25-16-6-10-20-18(13-16)23(28)26-19-12-15(24)5-9-21(19)30-20/h2-3,5-10,12-13H,4,11H2,1H3,(H,25,27)(H,26,28). The number of benzene rings is 3. The molecule has 1 aliphatic heterocycles. The minimum Gasteiger partial charge on any atom is -0.497 e. The van der Waals surface area contributed by atoms with E-state index in [4.69, 9.17) is 21.1 Å². The van der Waals surface area contributed by atoms with Gasteiger partial charge in [-0.2, -0.15) is 0 Å². The number of aryl methyl sites for hydroxylation is 1. The van der Waals surface area contributed by atoms with Crippen molar-refractivity contribution in [2.45, 2.75) is 12.8 Å². The van der Waals surface area contributed by atoms with E-state index in [1.807, 2.05) is 24.3 Å². The molecule has 0 radical (unpaired) electrons. The molecule has 1 aliphatic rings. The number of anilines is 2. The van der Waals surface area contributed by atoms with Crippen LogP contribution >= 0.6 is 11.6 Å². The van der Waals surface area contributed by atoms with Crippen LogP contribution in [0.5, 0.6) is 17.2 Å². The number of fused-ring (bicyclic) bond motifs is 2. The van der Waals surface area contributed by atoms with E-state index in [-0.39, 0.29) is 11.8 Å². The van der Waals surface area contributed by atoms with Crippen LogP contribution in [0, 0.1) is 0 Å². The lowest BCUT2D eigenvalue weighted by molar-refractivity contribution is -0.116. The first-order valence-electron chi connectivity index (χ1n) is 9.37. The van der Waals surface area contributed by atoms with Crippen LogP contribution in [-0.2, 0) is 11.2 Å². The van der Waals surface area contributed by atoms with Gasteiger partial charge in [-0.3, -0.25) is 9.59 Å². The summed E-state index contributed by atoms with van der Waals surface area (Å²) in [6, 6.07) is 17.6. The van der Waals surface area contributed by atoms with Crippen LogP contribution in [0.2, 0.25) is 5.02 Å². The van der Waals surface area contributed by atoms with Crippen LogP contribution < -0.4 is 20.1 Å². The van der Waals surface area contributed by atoms with Gasteiger partial charge in [0.1, 0.15) is 11.5 Å². The van der Waals surface area contributed by atoms with Crippen LogP contribution in [0.25, 0.3) is 0 Å². The fraction of sp³-hybridized carbons (Fsp3) is 0.130. The van der Waals surface area contributed by atoms with Gasteiger partial charge in [0, 0.05) is 17.1 Å². The van der Waals surface area contributed by atoms with Crippen molar-refractivity contribution in [3.05, 3.63) is 76.8 Å². The van der Waals surface area contributed by atoms with Crippen molar-refractivity contribution in [2.24, 2.45) is 0 Å². The van der Waals surface area contributed by atoms with E-state index in [9.17, 15) is 9.59 Å². The van der Waals surface area contributed by atoms with Crippen molar-refractivity contribution >= 4 is 34.8 Å². The number of methoxy groups -OCH3 is 1. The molecule has 3 aromatic rings. The van der Waals surface area contributed by atoms with Crippen molar-refractivity contribution in [1.82, 2.24) is 0 Å². The lowest BCUT2D eigenvalue weighted by atomic mass is 10.1. The molecule has 0 fully saturated rings. The third-order valence-electron chi connectivity index (χ3n) is 4.72. The summed E-state index contributed by atoms with van der Waals surface area (Å²) < 4.78 is 11.0. The van der Waals surface area contributed by atoms with Gasteiger partial charge in [0.2, 0.25) is 5.91 Å². The molecule has 30 heavy (non-hydrogen) atoms. The molecule has 0 aliphatic carbocycles. The molecule has 0 bridgehead atoms. The maximum Gasteiger partial charge on any atom is 0.259 e. The van der Waals surface area contributed by atoms with E-state index in [2.05, 4.69) is 10.6 Å². The van der Waals surface area contributed by atoms with Crippen LogP contribution in [0.3, 0.4) is 0 Å². The third-order valence-corrected chi connectivity index (χ3v) is 4.95. The molecular weight excluding hydrogens is 404 g/mol. The normalized spacial score (nSPS) is 12.0. The summed E-state index contributed by atoms with van der Waals surface area (Å²) in [6.45, 7) is 0. The summed E-state index contributed by atoms with van der Waals surface area (Å²) in [5.41, 5.74) is 2.39. The zero-order valence-corrected chi connectivity index (χ0v) is 17.0. The van der Waals surface area contributed by atoms with E-state index < -0.39 is 0 Å². The Morgan fingerprint density at radius 1 is 1.07 bits per heavy atom. The highest BCUT2D eigenvalue weighted by molar-refractivity contribution is 6.31. The summed E-state index contributed by atoms with van der Waals surface area (Å²) in [6.07, 6.45) is 0.913. The van der Waals surface area contributed by atoms with Crippen molar-refractivity contribution in [1.29, 1.82) is 0 Å². The maximum absolute atomic E-state index is 12.6. The average molecular weight is 423 g/mol. The molecule has 0 saturated heterocycles. The highest BCUT2D eigenvalue weighted by atomic mass is 35.5. The third kappa shape index (κ3) is 4.39. The Balaban J connectivity index is 1.44. The lowest BCUT2D eigenvalue weighted by Crippen LogP contribution is -2.14. The monoisotopic (exact) mass is 422 g/mol. The molecule has 1 heterocycles. The molecule has 3 aromatic carbocycles. The molecule has 152 valence electrons. The van der Waals surface area contributed by atoms with Gasteiger partial charge in [0.25, 0.3) is 5.91 Å². The number of carbonyl (C=O) groups excluding carboxylic acids is 2. The minimum absolute atomic E-state index is 0.143. The molecule has 0 saturated carbocycles. The summed E-state index contributed by atoms with van der Waals surface area (Å²) in [5, 5.41) is 6.11. The fourth-order valence-corrected chi connectivity index (χ4v) is 3.32. The molecule has 0 aromatic heterocycles. The second kappa shape index (κ2) is 8.47. The van der Waals surface area contributed by atoms with Gasteiger partial charge in [-0.1, -0.05) is 23.7 Å². The number of amides is 2. The van der Waals surface area contributed by atoms with Gasteiger partial charge in [0.15, 0.2) is 5.75 Å². The summed E-state index contributed by atoms with van der Waals surface area (Å²) in [4.78, 5) is 25.0. The second-order valence-corrected chi connectivity index (χ2v) is 7.24. The van der Waals surface area contributed by atoms with Gasteiger partial charge < -0.3 is 20.1 Å². The van der Waals surface area contributed by atoms with E-state index in [1.54, 1.807) is 43.5 Å². The zero-order valence-electron chi connectivity index (χ0n) is 16.2. The molecule has 6 nitrogen and oxygen atoms in total. The molecule has 7 heteroatoms. The summed E-state index contributed by atoms with van der Waals surface area (Å²) >= 11 is 6.00. The van der Waals surface area contributed by atoms with Crippen LogP contribution in [0.1, 0.15) is 22.3 Å². The smallest absolute Gasteiger partial charge is 0.259 e. The largest absolute Gasteiger partial charge is 0.497 e. The fourth-order valence-electron chi connectivity index (χ4n) is 3.14. The number of nitrogens with one attached hydrogen (secondary N) is 2. The molecule has 0 unspecified atom stereocenters. The first kappa shape index (κ1) is 19.8. The van der Waals surface area contributed by atoms with E-state index in [0.29, 0.717) is 46.3 Å². The van der Waals surface area contributed by atoms with Gasteiger partial charge >= 0.3 is 0 Å². The topological polar surface area (TPSA) is 76.7 Å². The van der Waals surface area contributed by atoms with Gasteiger partial charge in [0.05, 0.1) is 18.4 Å². The SMILES string of the molecule is COc1ccc(CCC(=O)Nc2ccc3c(c2)C(=O)Nc2cc(Cl)ccc2O3)cc1. The maximum atomic E-state index is 12.6. The molecule has 0 atom stereocenters. The Morgan fingerprint density at radius 2 is 1.83 bits per heavy atom. The first-order chi connectivity index (χ1) is 14.5. The lowest BCUT2D eigenvalue weighted by Gasteiger charge is -2.10. The molecule has 0 spiro atoms. The predicted molar refractivity (Wildman–Crippen MR) is 116 cm³/mol. The predicted octanol–water partition coefficient (Wildman–Crippen LogP) is 5.28. The number of halogens is 1. The van der Waals surface area contributed by atoms with Gasteiger partial charge in [-0.25, -0.2) is 0 Å². The number of rotatable bonds is 5. The average Bonchev–Trinajstić information content (AvgIpc) is 2.88. The first-order valence-corrected chi connectivity index (χ1v) is 9.75.